The van der Waals surface area contributed by atoms with E-state index in [1.807, 2.05) is 31.2 Å². The molecule has 0 bridgehead atoms. The van der Waals surface area contributed by atoms with Crippen molar-refractivity contribution in [2.45, 2.75) is 57.4 Å². The fraction of sp³-hybridized carbons (Fsp3) is 0.464. The number of amides is 2. The van der Waals surface area contributed by atoms with Crippen molar-refractivity contribution in [2.24, 2.45) is 5.92 Å². The number of ether oxygens (including phenoxy) is 1. The predicted octanol–water partition coefficient (Wildman–Crippen LogP) is 4.80. The number of hydrogen-bond donors (Lipinski definition) is 2. The third-order valence-corrected chi connectivity index (χ3v) is 7.27. The quantitative estimate of drug-likeness (QED) is 0.532. The van der Waals surface area contributed by atoms with Gasteiger partial charge in [0.2, 0.25) is 5.91 Å². The van der Waals surface area contributed by atoms with E-state index in [0.717, 1.165) is 30.4 Å². The predicted molar refractivity (Wildman–Crippen MR) is 133 cm³/mol. The molecule has 2 N–H and O–H groups in total. The van der Waals surface area contributed by atoms with E-state index in [9.17, 15) is 14.4 Å². The summed E-state index contributed by atoms with van der Waals surface area (Å²) in [7, 11) is 0. The Bertz CT molecular complexity index is 1020. The maximum atomic E-state index is 13.3. The SMILES string of the molecule is CCN(CCC(=O)O)C(=O)[C@H]1CCCCC[C@H]1NC(=O)OCC1c2ccccc2-c2ccccc21. The highest BCUT2D eigenvalue weighted by molar-refractivity contribution is 5.81. The molecule has 0 heterocycles. The lowest BCUT2D eigenvalue weighted by atomic mass is 9.93. The molecule has 0 saturated heterocycles. The van der Waals surface area contributed by atoms with Crippen LogP contribution in [0.5, 0.6) is 0 Å². The van der Waals surface area contributed by atoms with E-state index in [1.165, 1.54) is 11.1 Å². The summed E-state index contributed by atoms with van der Waals surface area (Å²) in [5.74, 6) is -1.40. The van der Waals surface area contributed by atoms with Crippen molar-refractivity contribution in [1.82, 2.24) is 10.2 Å². The number of fused-ring (bicyclic) bond motifs is 3. The molecule has 2 atom stereocenters. The molecule has 1 saturated carbocycles. The first-order chi connectivity index (χ1) is 17.0. The molecule has 4 rings (SSSR count). The second kappa shape index (κ2) is 11.4. The number of rotatable bonds is 8. The summed E-state index contributed by atoms with van der Waals surface area (Å²) in [4.78, 5) is 38.8. The number of carboxylic acid groups (broad SMARTS) is 1. The zero-order chi connectivity index (χ0) is 24.8. The number of nitrogens with zero attached hydrogens (tertiary/aromatic N) is 1. The van der Waals surface area contributed by atoms with Crippen LogP contribution in [0.4, 0.5) is 4.79 Å². The summed E-state index contributed by atoms with van der Waals surface area (Å²) in [6, 6.07) is 16.1. The zero-order valence-electron chi connectivity index (χ0n) is 20.2. The lowest BCUT2D eigenvalue weighted by molar-refractivity contribution is -0.140. The number of benzene rings is 2. The highest BCUT2D eigenvalue weighted by Crippen LogP contribution is 2.44. The molecule has 1 fully saturated rings. The van der Waals surface area contributed by atoms with Gasteiger partial charge in [-0.05, 0) is 42.0 Å². The summed E-state index contributed by atoms with van der Waals surface area (Å²) in [5, 5.41) is 12.0. The molecule has 7 nitrogen and oxygen atoms in total. The number of aliphatic carboxylic acids is 1. The van der Waals surface area contributed by atoms with E-state index in [-0.39, 0.29) is 43.4 Å². The van der Waals surface area contributed by atoms with Crippen LogP contribution < -0.4 is 5.32 Å². The number of alkyl carbamates (subject to hydrolysis) is 1. The molecule has 0 unspecified atom stereocenters. The molecular weight excluding hydrogens is 444 g/mol. The Kier molecular flexibility index (Phi) is 8.06. The van der Waals surface area contributed by atoms with Gasteiger partial charge in [-0.2, -0.15) is 0 Å². The minimum atomic E-state index is -0.926. The molecule has 0 spiro atoms. The zero-order valence-corrected chi connectivity index (χ0v) is 20.2. The number of carbonyl (C=O) groups excluding carboxylic acids is 2. The van der Waals surface area contributed by atoms with Gasteiger partial charge in [0.1, 0.15) is 6.61 Å². The highest BCUT2D eigenvalue weighted by Gasteiger charge is 2.34. The summed E-state index contributed by atoms with van der Waals surface area (Å²) < 4.78 is 5.72. The second-order valence-electron chi connectivity index (χ2n) is 9.38. The first-order valence-electron chi connectivity index (χ1n) is 12.6. The van der Waals surface area contributed by atoms with Crippen molar-refractivity contribution < 1.29 is 24.2 Å². The van der Waals surface area contributed by atoms with E-state index in [2.05, 4.69) is 29.6 Å². The van der Waals surface area contributed by atoms with E-state index < -0.39 is 12.1 Å². The molecule has 186 valence electrons. The Labute approximate surface area is 206 Å². The van der Waals surface area contributed by atoms with Gasteiger partial charge in [0.15, 0.2) is 0 Å². The Morgan fingerprint density at radius 2 is 1.60 bits per heavy atom. The molecule has 2 aromatic carbocycles. The molecule has 2 amide bonds. The third-order valence-electron chi connectivity index (χ3n) is 7.27. The normalized spacial score (nSPS) is 19.2. The van der Waals surface area contributed by atoms with Crippen molar-refractivity contribution >= 4 is 18.0 Å². The fourth-order valence-electron chi connectivity index (χ4n) is 5.46. The highest BCUT2D eigenvalue weighted by atomic mass is 16.5. The Morgan fingerprint density at radius 3 is 2.23 bits per heavy atom. The Balaban J connectivity index is 1.41. The van der Waals surface area contributed by atoms with Gasteiger partial charge >= 0.3 is 12.1 Å². The van der Waals surface area contributed by atoms with Crippen molar-refractivity contribution in [3.05, 3.63) is 59.7 Å². The van der Waals surface area contributed by atoms with Crippen LogP contribution in [0.25, 0.3) is 11.1 Å². The van der Waals surface area contributed by atoms with E-state index >= 15 is 0 Å². The number of carboxylic acids is 1. The van der Waals surface area contributed by atoms with Crippen LogP contribution in [0.1, 0.15) is 62.5 Å². The maximum absolute atomic E-state index is 13.3. The first kappa shape index (κ1) is 24.8. The Morgan fingerprint density at radius 1 is 0.971 bits per heavy atom. The lowest BCUT2D eigenvalue weighted by Gasteiger charge is -2.30. The van der Waals surface area contributed by atoms with Crippen LogP contribution in [0, 0.1) is 5.92 Å². The minimum Gasteiger partial charge on any atom is -0.481 e. The molecule has 0 aliphatic heterocycles. The van der Waals surface area contributed by atoms with Gasteiger partial charge in [-0.15, -0.1) is 0 Å². The van der Waals surface area contributed by atoms with Gasteiger partial charge in [0, 0.05) is 25.0 Å². The fourth-order valence-corrected chi connectivity index (χ4v) is 5.46. The molecule has 7 heteroatoms. The smallest absolute Gasteiger partial charge is 0.407 e. The molecule has 2 aliphatic rings. The average molecular weight is 479 g/mol. The maximum Gasteiger partial charge on any atom is 0.407 e. The summed E-state index contributed by atoms with van der Waals surface area (Å²) in [6.45, 7) is 2.70. The van der Waals surface area contributed by atoms with Crippen molar-refractivity contribution in [3.63, 3.8) is 0 Å². The molecule has 0 aromatic heterocycles. The van der Waals surface area contributed by atoms with Crippen LogP contribution >= 0.6 is 0 Å². The molecule has 0 radical (unpaired) electrons. The van der Waals surface area contributed by atoms with Crippen LogP contribution in [-0.2, 0) is 14.3 Å². The molecule has 35 heavy (non-hydrogen) atoms. The van der Waals surface area contributed by atoms with Gasteiger partial charge in [-0.1, -0.05) is 67.8 Å². The van der Waals surface area contributed by atoms with Crippen LogP contribution in [0.15, 0.2) is 48.5 Å². The monoisotopic (exact) mass is 478 g/mol. The summed E-state index contributed by atoms with van der Waals surface area (Å²) >= 11 is 0. The standard InChI is InChI=1S/C28H34N2O5/c1-2-30(17-16-26(31)32)27(33)23-14-4-3-5-15-25(23)29-28(34)35-18-24-21-12-8-6-10-19(21)20-11-7-9-13-22(20)24/h6-13,23-25H,2-5,14-18H2,1H3,(H,29,34)(H,31,32)/t23-,25+/m0/s1. The summed E-state index contributed by atoms with van der Waals surface area (Å²) in [6.07, 6.45) is 3.64. The van der Waals surface area contributed by atoms with Gasteiger partial charge in [0.25, 0.3) is 0 Å². The van der Waals surface area contributed by atoms with Crippen LogP contribution in [0.3, 0.4) is 0 Å². The molecule has 2 aliphatic carbocycles. The van der Waals surface area contributed by atoms with Gasteiger partial charge < -0.3 is 20.1 Å². The molecule has 2 aromatic rings. The lowest BCUT2D eigenvalue weighted by Crippen LogP contribution is -2.48. The topological polar surface area (TPSA) is 95.9 Å². The van der Waals surface area contributed by atoms with Crippen molar-refractivity contribution in [3.8, 4) is 11.1 Å². The summed E-state index contributed by atoms with van der Waals surface area (Å²) in [5.41, 5.74) is 4.65. The first-order valence-corrected chi connectivity index (χ1v) is 12.6. The Hall–Kier alpha value is -3.35. The van der Waals surface area contributed by atoms with E-state index in [0.29, 0.717) is 19.4 Å². The van der Waals surface area contributed by atoms with Crippen LogP contribution in [0.2, 0.25) is 0 Å². The van der Waals surface area contributed by atoms with Gasteiger partial charge in [-0.25, -0.2) is 4.79 Å². The number of carbonyl (C=O) groups is 3. The van der Waals surface area contributed by atoms with Crippen molar-refractivity contribution in [2.75, 3.05) is 19.7 Å². The minimum absolute atomic E-state index is 0.0219. The number of hydrogen-bond acceptors (Lipinski definition) is 4. The number of nitrogens with one attached hydrogen (secondary N) is 1. The third kappa shape index (κ3) is 5.66. The second-order valence-corrected chi connectivity index (χ2v) is 9.38. The van der Waals surface area contributed by atoms with Crippen LogP contribution in [-0.4, -0.2) is 53.7 Å². The molecular formula is C28H34N2O5. The van der Waals surface area contributed by atoms with Gasteiger partial charge in [0.05, 0.1) is 12.3 Å². The van der Waals surface area contributed by atoms with Gasteiger partial charge in [-0.3, -0.25) is 9.59 Å². The van der Waals surface area contributed by atoms with E-state index in [4.69, 9.17) is 9.84 Å². The van der Waals surface area contributed by atoms with Crippen molar-refractivity contribution in [1.29, 1.82) is 0 Å². The van der Waals surface area contributed by atoms with E-state index in [1.54, 1.807) is 4.90 Å². The average Bonchev–Trinajstić information content (AvgIpc) is 2.99. The largest absolute Gasteiger partial charge is 0.481 e.